The number of carbonyl (C=O) groups excluding carboxylic acids is 1. The van der Waals surface area contributed by atoms with E-state index in [-0.39, 0.29) is 5.75 Å². The molecule has 3 aromatic rings. The van der Waals surface area contributed by atoms with Crippen LogP contribution in [0.25, 0.3) is 11.4 Å². The molecule has 0 fully saturated rings. The number of hydrogen-bond acceptors (Lipinski definition) is 7. The molecule has 0 aliphatic rings. The van der Waals surface area contributed by atoms with E-state index < -0.39 is 12.0 Å². The smallest absolute Gasteiger partial charge is 0.333 e. The Morgan fingerprint density at radius 2 is 1.96 bits per heavy atom. The van der Waals surface area contributed by atoms with Gasteiger partial charge in [0, 0.05) is 29.7 Å². The second kappa shape index (κ2) is 7.60. The first-order valence-corrected chi connectivity index (χ1v) is 7.96. The van der Waals surface area contributed by atoms with Crippen LogP contribution in [0, 0.1) is 6.92 Å². The highest BCUT2D eigenvalue weighted by molar-refractivity contribution is 5.80. The number of rotatable bonds is 5. The zero-order valence-electron chi connectivity index (χ0n) is 14.4. The first-order valence-electron chi connectivity index (χ1n) is 7.96. The van der Waals surface area contributed by atoms with Crippen molar-refractivity contribution in [3.63, 3.8) is 0 Å². The van der Waals surface area contributed by atoms with Crippen molar-refractivity contribution < 1.29 is 14.6 Å². The van der Waals surface area contributed by atoms with Crippen molar-refractivity contribution in [2.45, 2.75) is 13.0 Å². The van der Waals surface area contributed by atoms with E-state index in [1.807, 2.05) is 19.1 Å². The van der Waals surface area contributed by atoms with E-state index in [1.54, 1.807) is 30.6 Å². The number of phenols is 1. The van der Waals surface area contributed by atoms with E-state index >= 15 is 0 Å². The number of esters is 1. The minimum absolute atomic E-state index is 0.120. The number of aromatic nitrogens is 3. The molecule has 2 N–H and O–H groups in total. The zero-order valence-corrected chi connectivity index (χ0v) is 14.4. The molecule has 0 aliphatic carbocycles. The van der Waals surface area contributed by atoms with Gasteiger partial charge in [0.25, 0.3) is 0 Å². The SMILES string of the molecule is COC(=O)[C@H](Nc1cc(C)nc(-c2cccnc2)n1)c1ccc(O)cc1. The van der Waals surface area contributed by atoms with Crippen LogP contribution in [-0.2, 0) is 9.53 Å². The van der Waals surface area contributed by atoms with Crippen molar-refractivity contribution >= 4 is 11.8 Å². The van der Waals surface area contributed by atoms with Gasteiger partial charge in [-0.1, -0.05) is 12.1 Å². The van der Waals surface area contributed by atoms with Crippen LogP contribution in [0.2, 0.25) is 0 Å². The molecule has 1 atom stereocenters. The minimum Gasteiger partial charge on any atom is -0.508 e. The monoisotopic (exact) mass is 350 g/mol. The zero-order chi connectivity index (χ0) is 18.5. The number of nitrogens with one attached hydrogen (secondary N) is 1. The van der Waals surface area contributed by atoms with Crippen LogP contribution in [-0.4, -0.2) is 33.1 Å². The summed E-state index contributed by atoms with van der Waals surface area (Å²) in [7, 11) is 1.32. The minimum atomic E-state index is -0.767. The molecule has 7 heteroatoms. The van der Waals surface area contributed by atoms with E-state index in [4.69, 9.17) is 4.74 Å². The lowest BCUT2D eigenvalue weighted by Gasteiger charge is -2.18. The number of anilines is 1. The van der Waals surface area contributed by atoms with Crippen molar-refractivity contribution in [1.82, 2.24) is 15.0 Å². The van der Waals surface area contributed by atoms with E-state index in [0.29, 0.717) is 17.2 Å². The number of nitrogens with zero attached hydrogens (tertiary/aromatic N) is 3. The summed E-state index contributed by atoms with van der Waals surface area (Å²) in [4.78, 5) is 25.2. The van der Waals surface area contributed by atoms with Crippen molar-refractivity contribution in [3.8, 4) is 17.1 Å². The number of methoxy groups -OCH3 is 1. The molecule has 0 saturated carbocycles. The number of hydrogen-bond donors (Lipinski definition) is 2. The molecule has 2 heterocycles. The molecule has 0 amide bonds. The summed E-state index contributed by atoms with van der Waals surface area (Å²) >= 11 is 0. The molecule has 0 aliphatic heterocycles. The third-order valence-corrected chi connectivity index (χ3v) is 3.73. The van der Waals surface area contributed by atoms with Gasteiger partial charge in [0.05, 0.1) is 7.11 Å². The predicted octanol–water partition coefficient (Wildman–Crippen LogP) is 2.88. The van der Waals surface area contributed by atoms with Gasteiger partial charge in [-0.3, -0.25) is 4.98 Å². The van der Waals surface area contributed by atoms with Crippen LogP contribution in [0.4, 0.5) is 5.82 Å². The summed E-state index contributed by atoms with van der Waals surface area (Å²) in [6.45, 7) is 1.85. The van der Waals surface area contributed by atoms with Crippen LogP contribution < -0.4 is 5.32 Å². The number of aromatic hydroxyl groups is 1. The largest absolute Gasteiger partial charge is 0.508 e. The van der Waals surface area contributed by atoms with E-state index in [9.17, 15) is 9.90 Å². The predicted molar refractivity (Wildman–Crippen MR) is 96.5 cm³/mol. The Morgan fingerprint density at radius 3 is 2.62 bits per heavy atom. The first kappa shape index (κ1) is 17.3. The third kappa shape index (κ3) is 3.94. The summed E-state index contributed by atoms with van der Waals surface area (Å²) in [6, 6.07) is 11.0. The number of ether oxygens (including phenoxy) is 1. The summed E-state index contributed by atoms with van der Waals surface area (Å²) in [5.74, 6) is 0.652. The second-order valence-electron chi connectivity index (χ2n) is 5.65. The van der Waals surface area contributed by atoms with E-state index in [2.05, 4.69) is 20.3 Å². The van der Waals surface area contributed by atoms with Gasteiger partial charge in [0.2, 0.25) is 0 Å². The molecule has 3 rings (SSSR count). The van der Waals surface area contributed by atoms with Crippen molar-refractivity contribution in [1.29, 1.82) is 0 Å². The normalized spacial score (nSPS) is 11.6. The summed E-state index contributed by atoms with van der Waals surface area (Å²) in [6.07, 6.45) is 3.35. The van der Waals surface area contributed by atoms with Gasteiger partial charge >= 0.3 is 5.97 Å². The number of phenolic OH excluding ortho intramolecular Hbond substituents is 1. The van der Waals surface area contributed by atoms with E-state index in [1.165, 1.54) is 19.2 Å². The van der Waals surface area contributed by atoms with Gasteiger partial charge in [-0.2, -0.15) is 0 Å². The quantitative estimate of drug-likeness (QED) is 0.683. The molecule has 7 nitrogen and oxygen atoms in total. The highest BCUT2D eigenvalue weighted by Crippen LogP contribution is 2.24. The maximum Gasteiger partial charge on any atom is 0.333 e. The Kier molecular flexibility index (Phi) is 5.07. The fourth-order valence-electron chi connectivity index (χ4n) is 2.48. The molecule has 0 spiro atoms. The van der Waals surface area contributed by atoms with Crippen LogP contribution >= 0.6 is 0 Å². The van der Waals surface area contributed by atoms with Crippen molar-refractivity contribution in [2.24, 2.45) is 0 Å². The molecular weight excluding hydrogens is 332 g/mol. The fraction of sp³-hybridized carbons (Fsp3) is 0.158. The Bertz CT molecular complexity index is 898. The van der Waals surface area contributed by atoms with Gasteiger partial charge in [-0.05, 0) is 36.8 Å². The Morgan fingerprint density at radius 1 is 1.19 bits per heavy atom. The first-order chi connectivity index (χ1) is 12.6. The van der Waals surface area contributed by atoms with Crippen LogP contribution in [0.15, 0.2) is 54.9 Å². The molecule has 1 aromatic carbocycles. The topological polar surface area (TPSA) is 97.2 Å². The van der Waals surface area contributed by atoms with Crippen LogP contribution in [0.3, 0.4) is 0 Å². The highest BCUT2D eigenvalue weighted by Gasteiger charge is 2.22. The lowest BCUT2D eigenvalue weighted by molar-refractivity contribution is -0.141. The highest BCUT2D eigenvalue weighted by atomic mass is 16.5. The van der Waals surface area contributed by atoms with Gasteiger partial charge in [-0.25, -0.2) is 14.8 Å². The lowest BCUT2D eigenvalue weighted by Crippen LogP contribution is -2.23. The number of carbonyl (C=O) groups is 1. The maximum atomic E-state index is 12.2. The van der Waals surface area contributed by atoms with Gasteiger partial charge < -0.3 is 15.2 Å². The number of aryl methyl sites for hydroxylation is 1. The average Bonchev–Trinajstić information content (AvgIpc) is 2.66. The average molecular weight is 350 g/mol. The molecule has 2 aromatic heterocycles. The Balaban J connectivity index is 1.95. The Labute approximate surface area is 150 Å². The summed E-state index contributed by atoms with van der Waals surface area (Å²) in [5.41, 5.74) is 2.17. The molecule has 26 heavy (non-hydrogen) atoms. The van der Waals surface area contributed by atoms with Gasteiger partial charge in [0.1, 0.15) is 11.6 Å². The summed E-state index contributed by atoms with van der Waals surface area (Å²) < 4.78 is 4.90. The molecule has 0 saturated heterocycles. The molecular formula is C19H18N4O3. The molecule has 0 radical (unpaired) electrons. The molecule has 0 bridgehead atoms. The third-order valence-electron chi connectivity index (χ3n) is 3.73. The molecule has 132 valence electrons. The molecule has 0 unspecified atom stereocenters. The van der Waals surface area contributed by atoms with Crippen LogP contribution in [0.5, 0.6) is 5.75 Å². The van der Waals surface area contributed by atoms with Crippen LogP contribution in [0.1, 0.15) is 17.3 Å². The maximum absolute atomic E-state index is 12.2. The van der Waals surface area contributed by atoms with E-state index in [0.717, 1.165) is 11.3 Å². The van der Waals surface area contributed by atoms with Crippen molar-refractivity contribution in [3.05, 3.63) is 66.1 Å². The van der Waals surface area contributed by atoms with Gasteiger partial charge in [0.15, 0.2) is 11.9 Å². The lowest BCUT2D eigenvalue weighted by atomic mass is 10.1. The number of benzene rings is 1. The standard InChI is InChI=1S/C19H18N4O3/c1-12-10-16(23-18(21-12)14-4-3-9-20-11-14)22-17(19(25)26-2)13-5-7-15(24)8-6-13/h3-11,17,24H,1-2H3,(H,21,22,23)/t17-/m1/s1. The van der Waals surface area contributed by atoms with Crippen molar-refractivity contribution in [2.75, 3.05) is 12.4 Å². The van der Waals surface area contributed by atoms with Gasteiger partial charge in [-0.15, -0.1) is 0 Å². The Hall–Kier alpha value is -3.48. The fourth-order valence-corrected chi connectivity index (χ4v) is 2.48. The number of pyridine rings is 1. The summed E-state index contributed by atoms with van der Waals surface area (Å²) in [5, 5.41) is 12.5. The second-order valence-corrected chi connectivity index (χ2v) is 5.65.